The second-order valence-electron chi connectivity index (χ2n) is 8.20. The zero-order valence-corrected chi connectivity index (χ0v) is 19.4. The maximum atomic E-state index is 11.9. The molecule has 3 rings (SSSR count). The van der Waals surface area contributed by atoms with Gasteiger partial charge < -0.3 is 33.5 Å². The second kappa shape index (κ2) is 10.4. The maximum absolute atomic E-state index is 11.9. The summed E-state index contributed by atoms with van der Waals surface area (Å²) in [6, 6.07) is 0. The highest BCUT2D eigenvalue weighted by molar-refractivity contribution is 6.30. The van der Waals surface area contributed by atoms with Crippen molar-refractivity contribution in [2.24, 2.45) is 5.92 Å². The molecule has 0 aromatic carbocycles. The molecule has 2 saturated heterocycles. The van der Waals surface area contributed by atoms with E-state index in [9.17, 15) is 24.3 Å². The standard InChI is InChI=1S/C21H27ClO11/c1-8(23)28-7-16-20(30-10(3)25)21(31-11(4)26)19(29-9(2)24)15(32-16)5-12-14-6-13(22)18(33-14)17(12)27/h6,12,14-21,27H,5,7H2,1-4H3/t12-,14+,15-,16-,17-,18-,19+,20-,21-/m1/s1. The molecular formula is C21H27ClO11. The van der Waals surface area contributed by atoms with Crippen LogP contribution in [0.3, 0.4) is 0 Å². The van der Waals surface area contributed by atoms with Crippen LogP contribution in [0.25, 0.3) is 0 Å². The van der Waals surface area contributed by atoms with Crippen molar-refractivity contribution in [1.82, 2.24) is 0 Å². The largest absolute Gasteiger partial charge is 0.463 e. The minimum Gasteiger partial charge on any atom is -0.463 e. The Hall–Kier alpha value is -2.21. The Morgan fingerprint density at radius 3 is 1.91 bits per heavy atom. The van der Waals surface area contributed by atoms with Crippen molar-refractivity contribution in [3.8, 4) is 0 Å². The summed E-state index contributed by atoms with van der Waals surface area (Å²) in [5.41, 5.74) is 0. The summed E-state index contributed by atoms with van der Waals surface area (Å²) in [4.78, 5) is 46.9. The molecular weight excluding hydrogens is 464 g/mol. The van der Waals surface area contributed by atoms with E-state index in [-0.39, 0.29) is 13.0 Å². The Labute approximate surface area is 195 Å². The number of rotatable bonds is 7. The number of carbonyl (C=O) groups excluding carboxylic acids is 4. The van der Waals surface area contributed by atoms with E-state index < -0.39 is 78.6 Å². The van der Waals surface area contributed by atoms with Crippen molar-refractivity contribution in [1.29, 1.82) is 0 Å². The number of ether oxygens (including phenoxy) is 6. The first-order chi connectivity index (χ1) is 15.5. The quantitative estimate of drug-likeness (QED) is 0.390. The Kier molecular flexibility index (Phi) is 7.99. The molecule has 33 heavy (non-hydrogen) atoms. The summed E-state index contributed by atoms with van der Waals surface area (Å²) in [5, 5.41) is 11.0. The summed E-state index contributed by atoms with van der Waals surface area (Å²) in [6.45, 7) is 4.37. The number of aliphatic hydroxyl groups is 1. The summed E-state index contributed by atoms with van der Waals surface area (Å²) in [5.74, 6) is -3.15. The molecule has 0 amide bonds. The zero-order valence-electron chi connectivity index (χ0n) is 18.6. The number of hydrogen-bond donors (Lipinski definition) is 1. The van der Waals surface area contributed by atoms with E-state index in [0.717, 1.165) is 13.8 Å². The molecule has 0 aliphatic carbocycles. The Bertz CT molecular complexity index is 827. The third kappa shape index (κ3) is 5.84. The van der Waals surface area contributed by atoms with Crippen molar-refractivity contribution < 1.29 is 52.7 Å². The van der Waals surface area contributed by atoms with Gasteiger partial charge in [-0.05, 0) is 12.5 Å². The molecule has 2 bridgehead atoms. The van der Waals surface area contributed by atoms with Gasteiger partial charge in [0.2, 0.25) is 0 Å². The predicted molar refractivity (Wildman–Crippen MR) is 109 cm³/mol. The van der Waals surface area contributed by atoms with Gasteiger partial charge in [-0.25, -0.2) is 0 Å². The summed E-state index contributed by atoms with van der Waals surface area (Å²) >= 11 is 6.07. The predicted octanol–water partition coefficient (Wildman–Crippen LogP) is 0.383. The monoisotopic (exact) mass is 490 g/mol. The topological polar surface area (TPSA) is 144 Å². The minimum atomic E-state index is -1.25. The van der Waals surface area contributed by atoms with Crippen molar-refractivity contribution in [2.45, 2.75) is 82.9 Å². The summed E-state index contributed by atoms with van der Waals surface area (Å²) in [7, 11) is 0. The van der Waals surface area contributed by atoms with Crippen LogP contribution in [0, 0.1) is 5.92 Å². The molecule has 0 aromatic heterocycles. The van der Waals surface area contributed by atoms with Crippen LogP contribution in [0.15, 0.2) is 11.1 Å². The highest BCUT2D eigenvalue weighted by Gasteiger charge is 2.55. The molecule has 0 radical (unpaired) electrons. The average Bonchev–Trinajstić information content (AvgIpc) is 3.21. The van der Waals surface area contributed by atoms with Crippen molar-refractivity contribution in [2.75, 3.05) is 6.61 Å². The molecule has 0 spiro atoms. The lowest BCUT2D eigenvalue weighted by Gasteiger charge is -2.45. The fourth-order valence-electron chi connectivity index (χ4n) is 4.46. The third-order valence-corrected chi connectivity index (χ3v) is 6.00. The van der Waals surface area contributed by atoms with Crippen LogP contribution in [0.1, 0.15) is 34.1 Å². The number of esters is 4. The van der Waals surface area contributed by atoms with Crippen LogP contribution in [-0.4, -0.2) is 84.4 Å². The Morgan fingerprint density at radius 2 is 1.42 bits per heavy atom. The van der Waals surface area contributed by atoms with Gasteiger partial charge in [0, 0.05) is 38.6 Å². The van der Waals surface area contributed by atoms with Crippen LogP contribution < -0.4 is 0 Å². The molecule has 9 atom stereocenters. The van der Waals surface area contributed by atoms with E-state index in [1.807, 2.05) is 0 Å². The molecule has 0 unspecified atom stereocenters. The van der Waals surface area contributed by atoms with E-state index >= 15 is 0 Å². The SMILES string of the molecule is CC(=O)OC[C@H]1O[C@H](C[C@H]2[C@@H](O)[C@@H]3O[C@H]2C=C3Cl)[C@H](OC(C)=O)[C@@H](OC(C)=O)[C@@H]1OC(C)=O. The molecule has 184 valence electrons. The number of aliphatic hydroxyl groups excluding tert-OH is 1. The Balaban J connectivity index is 1.93. The van der Waals surface area contributed by atoms with Gasteiger partial charge in [-0.1, -0.05) is 11.6 Å². The maximum Gasteiger partial charge on any atom is 0.303 e. The van der Waals surface area contributed by atoms with Gasteiger partial charge in [-0.2, -0.15) is 0 Å². The van der Waals surface area contributed by atoms with E-state index in [0.29, 0.717) is 5.03 Å². The third-order valence-electron chi connectivity index (χ3n) is 5.66. The van der Waals surface area contributed by atoms with Crippen LogP contribution in [0.4, 0.5) is 0 Å². The summed E-state index contributed by atoms with van der Waals surface area (Å²) in [6.07, 6.45) is -5.84. The molecule has 2 fully saturated rings. The average molecular weight is 491 g/mol. The van der Waals surface area contributed by atoms with Crippen LogP contribution in [0.2, 0.25) is 0 Å². The lowest BCUT2D eigenvalue weighted by molar-refractivity contribution is -0.255. The van der Waals surface area contributed by atoms with E-state index in [1.54, 1.807) is 6.08 Å². The summed E-state index contributed by atoms with van der Waals surface area (Å²) < 4.78 is 33.0. The minimum absolute atomic E-state index is 0.127. The fourth-order valence-corrected chi connectivity index (χ4v) is 4.77. The number of halogens is 1. The second-order valence-corrected chi connectivity index (χ2v) is 8.64. The molecule has 1 N–H and O–H groups in total. The van der Waals surface area contributed by atoms with Gasteiger partial charge >= 0.3 is 23.9 Å². The van der Waals surface area contributed by atoms with Gasteiger partial charge in [0.1, 0.15) is 18.8 Å². The lowest BCUT2D eigenvalue weighted by Crippen LogP contribution is -2.63. The number of carbonyl (C=O) groups is 4. The van der Waals surface area contributed by atoms with Crippen LogP contribution in [0.5, 0.6) is 0 Å². The fraction of sp³-hybridized carbons (Fsp3) is 0.714. The van der Waals surface area contributed by atoms with Gasteiger partial charge in [-0.3, -0.25) is 19.2 Å². The first-order valence-electron chi connectivity index (χ1n) is 10.5. The van der Waals surface area contributed by atoms with E-state index in [1.165, 1.54) is 13.8 Å². The van der Waals surface area contributed by atoms with Gasteiger partial charge in [0.25, 0.3) is 0 Å². The van der Waals surface area contributed by atoms with Gasteiger partial charge in [0.05, 0.1) is 18.3 Å². The first-order valence-corrected chi connectivity index (χ1v) is 10.9. The molecule has 3 aliphatic rings. The lowest BCUT2D eigenvalue weighted by atomic mass is 9.82. The first kappa shape index (κ1) is 25.4. The highest BCUT2D eigenvalue weighted by Crippen LogP contribution is 2.44. The molecule has 11 nitrogen and oxygen atoms in total. The molecule has 3 heterocycles. The van der Waals surface area contributed by atoms with Gasteiger partial charge in [0.15, 0.2) is 18.3 Å². The molecule has 3 aliphatic heterocycles. The van der Waals surface area contributed by atoms with Crippen LogP contribution >= 0.6 is 11.6 Å². The highest BCUT2D eigenvalue weighted by atomic mass is 35.5. The van der Waals surface area contributed by atoms with Crippen molar-refractivity contribution >= 4 is 35.5 Å². The molecule has 0 aromatic rings. The van der Waals surface area contributed by atoms with Crippen molar-refractivity contribution in [3.63, 3.8) is 0 Å². The van der Waals surface area contributed by atoms with Crippen molar-refractivity contribution in [3.05, 3.63) is 11.1 Å². The normalized spacial score (nSPS) is 37.2. The Morgan fingerprint density at radius 1 is 0.879 bits per heavy atom. The molecule has 0 saturated carbocycles. The number of fused-ring (bicyclic) bond motifs is 2. The smallest absolute Gasteiger partial charge is 0.303 e. The van der Waals surface area contributed by atoms with E-state index in [2.05, 4.69) is 0 Å². The van der Waals surface area contributed by atoms with Crippen LogP contribution in [-0.2, 0) is 47.6 Å². The zero-order chi connectivity index (χ0) is 24.4. The molecule has 12 heteroatoms. The van der Waals surface area contributed by atoms with E-state index in [4.69, 9.17) is 40.0 Å². The number of hydrogen-bond acceptors (Lipinski definition) is 11. The van der Waals surface area contributed by atoms with Gasteiger partial charge in [-0.15, -0.1) is 0 Å².